The standard InChI is InChI=1S/C19H13F6N3O/c20-18(21,22)13-7-14(19(23,24)25)9-15(8-13)27-17(29)6-12-10-26-28(11-12)16-4-2-1-3-5-16/h1-5,7-11H,6H2,(H,27,29). The highest BCUT2D eigenvalue weighted by atomic mass is 19.4. The molecule has 0 saturated carbocycles. The molecule has 4 nitrogen and oxygen atoms in total. The highest BCUT2D eigenvalue weighted by Gasteiger charge is 2.37. The van der Waals surface area contributed by atoms with Crippen LogP contribution >= 0.6 is 0 Å². The van der Waals surface area contributed by atoms with E-state index in [1.807, 2.05) is 6.07 Å². The largest absolute Gasteiger partial charge is 0.416 e. The molecule has 1 aromatic heterocycles. The Bertz CT molecular complexity index is 977. The molecule has 0 fully saturated rings. The number of carbonyl (C=O) groups excluding carboxylic acids is 1. The Kier molecular flexibility index (Phi) is 5.36. The van der Waals surface area contributed by atoms with Gasteiger partial charge in [0.15, 0.2) is 0 Å². The summed E-state index contributed by atoms with van der Waals surface area (Å²) >= 11 is 0. The van der Waals surface area contributed by atoms with Crippen LogP contribution in [0.1, 0.15) is 16.7 Å². The number of para-hydroxylation sites is 1. The van der Waals surface area contributed by atoms with Crippen LogP contribution in [0.3, 0.4) is 0 Å². The third kappa shape index (κ3) is 5.15. The van der Waals surface area contributed by atoms with E-state index in [-0.39, 0.29) is 12.5 Å². The first-order chi connectivity index (χ1) is 13.5. The van der Waals surface area contributed by atoms with Crippen LogP contribution < -0.4 is 5.32 Å². The highest BCUT2D eigenvalue weighted by molar-refractivity contribution is 5.92. The molecule has 0 unspecified atom stereocenters. The lowest BCUT2D eigenvalue weighted by atomic mass is 10.1. The Morgan fingerprint density at radius 3 is 2.07 bits per heavy atom. The van der Waals surface area contributed by atoms with Crippen LogP contribution in [-0.4, -0.2) is 15.7 Å². The number of halogens is 6. The molecule has 1 heterocycles. The number of nitrogens with zero attached hydrogens (tertiary/aromatic N) is 2. The van der Waals surface area contributed by atoms with Gasteiger partial charge in [-0.05, 0) is 35.9 Å². The summed E-state index contributed by atoms with van der Waals surface area (Å²) < 4.78 is 78.9. The van der Waals surface area contributed by atoms with Crippen molar-refractivity contribution in [1.29, 1.82) is 0 Å². The van der Waals surface area contributed by atoms with E-state index in [0.29, 0.717) is 17.7 Å². The molecule has 0 aliphatic carbocycles. The van der Waals surface area contributed by atoms with Crippen molar-refractivity contribution in [1.82, 2.24) is 9.78 Å². The predicted octanol–water partition coefficient (Wildman–Crippen LogP) is 5.09. The van der Waals surface area contributed by atoms with Crippen LogP contribution in [0.25, 0.3) is 5.69 Å². The molecule has 1 amide bonds. The second kappa shape index (κ2) is 7.61. The predicted molar refractivity (Wildman–Crippen MR) is 92.3 cm³/mol. The first kappa shape index (κ1) is 20.4. The number of amides is 1. The van der Waals surface area contributed by atoms with E-state index < -0.39 is 35.1 Å². The van der Waals surface area contributed by atoms with Crippen LogP contribution in [0.4, 0.5) is 32.0 Å². The quantitative estimate of drug-likeness (QED) is 0.606. The fourth-order valence-corrected chi connectivity index (χ4v) is 2.59. The van der Waals surface area contributed by atoms with Crippen LogP contribution in [0.5, 0.6) is 0 Å². The highest BCUT2D eigenvalue weighted by Crippen LogP contribution is 2.37. The normalized spacial score (nSPS) is 12.1. The van der Waals surface area contributed by atoms with E-state index in [1.54, 1.807) is 30.5 Å². The molecule has 29 heavy (non-hydrogen) atoms. The summed E-state index contributed by atoms with van der Waals surface area (Å²) in [4.78, 5) is 12.1. The molecule has 0 saturated heterocycles. The number of hydrogen-bond acceptors (Lipinski definition) is 2. The number of rotatable bonds is 4. The average molecular weight is 413 g/mol. The van der Waals surface area contributed by atoms with E-state index in [0.717, 1.165) is 5.69 Å². The Morgan fingerprint density at radius 2 is 1.52 bits per heavy atom. The van der Waals surface area contributed by atoms with Crippen molar-refractivity contribution < 1.29 is 31.1 Å². The first-order valence-electron chi connectivity index (χ1n) is 8.21. The third-order valence-corrected chi connectivity index (χ3v) is 3.89. The van der Waals surface area contributed by atoms with E-state index in [9.17, 15) is 31.1 Å². The average Bonchev–Trinajstić information content (AvgIpc) is 3.09. The molecule has 0 aliphatic heterocycles. The number of alkyl halides is 6. The van der Waals surface area contributed by atoms with Crippen LogP contribution in [-0.2, 0) is 23.6 Å². The smallest absolute Gasteiger partial charge is 0.326 e. The lowest BCUT2D eigenvalue weighted by molar-refractivity contribution is -0.143. The van der Waals surface area contributed by atoms with Gasteiger partial charge in [0.25, 0.3) is 0 Å². The Hall–Kier alpha value is -3.30. The summed E-state index contributed by atoms with van der Waals surface area (Å²) in [7, 11) is 0. The Balaban J connectivity index is 1.78. The third-order valence-electron chi connectivity index (χ3n) is 3.89. The number of nitrogens with one attached hydrogen (secondary N) is 1. The van der Waals surface area contributed by atoms with Crippen molar-refractivity contribution in [3.63, 3.8) is 0 Å². The first-order valence-corrected chi connectivity index (χ1v) is 8.21. The lowest BCUT2D eigenvalue weighted by Crippen LogP contribution is -2.17. The molecule has 0 radical (unpaired) electrons. The van der Waals surface area contributed by atoms with E-state index in [2.05, 4.69) is 10.4 Å². The van der Waals surface area contributed by atoms with E-state index in [4.69, 9.17) is 0 Å². The molecule has 10 heteroatoms. The maximum Gasteiger partial charge on any atom is 0.416 e. The lowest BCUT2D eigenvalue weighted by Gasteiger charge is -2.14. The van der Waals surface area contributed by atoms with Gasteiger partial charge < -0.3 is 5.32 Å². The topological polar surface area (TPSA) is 46.9 Å². The van der Waals surface area contributed by atoms with Gasteiger partial charge in [-0.3, -0.25) is 4.79 Å². The minimum atomic E-state index is -4.99. The van der Waals surface area contributed by atoms with Crippen molar-refractivity contribution >= 4 is 11.6 Å². The molecular formula is C19H13F6N3O. The van der Waals surface area contributed by atoms with Gasteiger partial charge >= 0.3 is 12.4 Å². The zero-order chi connectivity index (χ0) is 21.2. The monoisotopic (exact) mass is 413 g/mol. The van der Waals surface area contributed by atoms with Crippen LogP contribution in [0.2, 0.25) is 0 Å². The molecule has 2 aromatic carbocycles. The van der Waals surface area contributed by atoms with Gasteiger partial charge in [-0.1, -0.05) is 18.2 Å². The minimum absolute atomic E-state index is 0.000448. The van der Waals surface area contributed by atoms with Gasteiger partial charge in [0.05, 0.1) is 29.4 Å². The van der Waals surface area contributed by atoms with E-state index >= 15 is 0 Å². The molecule has 0 bridgehead atoms. The minimum Gasteiger partial charge on any atom is -0.326 e. The van der Waals surface area contributed by atoms with Crippen LogP contribution in [0.15, 0.2) is 60.9 Å². The molecule has 3 rings (SSSR count). The molecule has 0 aliphatic rings. The Labute approximate surface area is 160 Å². The molecule has 0 atom stereocenters. The van der Waals surface area contributed by atoms with Gasteiger partial charge in [0.2, 0.25) is 5.91 Å². The summed E-state index contributed by atoms with van der Waals surface area (Å²) in [6.45, 7) is 0. The number of carbonyl (C=O) groups is 1. The zero-order valence-electron chi connectivity index (χ0n) is 14.6. The SMILES string of the molecule is O=C(Cc1cnn(-c2ccccc2)c1)Nc1cc(C(F)(F)F)cc(C(F)(F)F)c1. The fraction of sp³-hybridized carbons (Fsp3) is 0.158. The summed E-state index contributed by atoms with van der Waals surface area (Å²) in [5.74, 6) is -0.773. The number of benzene rings is 2. The molecule has 0 spiro atoms. The zero-order valence-corrected chi connectivity index (χ0v) is 14.6. The molecule has 1 N–H and O–H groups in total. The van der Waals surface area contributed by atoms with Crippen LogP contribution in [0, 0.1) is 0 Å². The Morgan fingerprint density at radius 1 is 0.931 bits per heavy atom. The maximum atomic E-state index is 12.9. The van der Waals surface area contributed by atoms with E-state index in [1.165, 1.54) is 10.9 Å². The van der Waals surface area contributed by atoms with Gasteiger partial charge in [0.1, 0.15) is 0 Å². The number of aromatic nitrogens is 2. The summed E-state index contributed by atoms with van der Waals surface area (Å²) in [6.07, 6.45) is -7.32. The fourth-order valence-electron chi connectivity index (χ4n) is 2.59. The van der Waals surface area contributed by atoms with Crippen molar-refractivity contribution in [3.8, 4) is 5.69 Å². The maximum absolute atomic E-state index is 12.9. The molecule has 3 aromatic rings. The summed E-state index contributed by atoms with van der Waals surface area (Å²) in [5.41, 5.74) is -2.42. The van der Waals surface area contributed by atoms with Crippen molar-refractivity contribution in [2.75, 3.05) is 5.32 Å². The number of hydrogen-bond donors (Lipinski definition) is 1. The molecular weight excluding hydrogens is 400 g/mol. The van der Waals surface area contributed by atoms with Crippen molar-refractivity contribution in [2.24, 2.45) is 0 Å². The van der Waals surface area contributed by atoms with Gasteiger partial charge in [0, 0.05) is 11.9 Å². The van der Waals surface area contributed by atoms with Gasteiger partial charge in [-0.15, -0.1) is 0 Å². The number of anilines is 1. The van der Waals surface area contributed by atoms with Gasteiger partial charge in [-0.25, -0.2) is 4.68 Å². The second-order valence-electron chi connectivity index (χ2n) is 6.15. The van der Waals surface area contributed by atoms with Crippen molar-refractivity contribution in [2.45, 2.75) is 18.8 Å². The van der Waals surface area contributed by atoms with Crippen molar-refractivity contribution in [3.05, 3.63) is 77.6 Å². The second-order valence-corrected chi connectivity index (χ2v) is 6.15. The van der Waals surface area contributed by atoms with Gasteiger partial charge in [-0.2, -0.15) is 31.4 Å². The summed E-state index contributed by atoms with van der Waals surface area (Å²) in [5, 5.41) is 6.17. The summed E-state index contributed by atoms with van der Waals surface area (Å²) in [6, 6.07) is 9.85. The molecule has 152 valence electrons.